The van der Waals surface area contributed by atoms with Gasteiger partial charge >= 0.3 is 6.18 Å². The number of fused-ring (bicyclic) bond motifs is 1. The number of nitrogens with two attached hydrogens (primary N) is 1. The minimum atomic E-state index is -4.38. The zero-order chi connectivity index (χ0) is 23.0. The van der Waals surface area contributed by atoms with E-state index in [1.807, 2.05) is 6.07 Å². The van der Waals surface area contributed by atoms with Crippen LogP contribution in [0.15, 0.2) is 42.5 Å². The van der Waals surface area contributed by atoms with Crippen LogP contribution < -0.4 is 15.2 Å². The lowest BCUT2D eigenvalue weighted by molar-refractivity contribution is -0.137. The van der Waals surface area contributed by atoms with Crippen molar-refractivity contribution in [2.24, 2.45) is 5.73 Å². The standard InChI is InChI=1S/C15H21NO2.C9H8F3NO/c1-2-8-16(7-1)9-3-4-13-5-6-14-15(12-13)18-11-10-17-14;10-9(11,12)7-3-1-2-6(4-7)5-8(13)14/h5-6,12H,1-4,7-11H2;1-4H,5H2,(H2,13,14). The van der Waals surface area contributed by atoms with Crippen molar-refractivity contribution in [2.45, 2.75) is 38.3 Å². The number of hydrogen-bond donors (Lipinski definition) is 1. The van der Waals surface area contributed by atoms with Crippen LogP contribution in [0, 0.1) is 0 Å². The van der Waals surface area contributed by atoms with Gasteiger partial charge in [-0.3, -0.25) is 4.79 Å². The smallest absolute Gasteiger partial charge is 0.416 e. The van der Waals surface area contributed by atoms with Crippen LogP contribution in [-0.2, 0) is 23.8 Å². The fourth-order valence-corrected chi connectivity index (χ4v) is 3.82. The lowest BCUT2D eigenvalue weighted by Crippen LogP contribution is -2.20. The zero-order valence-electron chi connectivity index (χ0n) is 18.0. The highest BCUT2D eigenvalue weighted by molar-refractivity contribution is 5.76. The van der Waals surface area contributed by atoms with Gasteiger partial charge in [-0.15, -0.1) is 0 Å². The molecule has 1 amide bonds. The van der Waals surface area contributed by atoms with Crippen LogP contribution in [0.1, 0.15) is 36.0 Å². The Bertz CT molecular complexity index is 896. The Kier molecular flexibility index (Phi) is 8.39. The molecule has 5 nitrogen and oxygen atoms in total. The number of likely N-dealkylation sites (tertiary alicyclic amines) is 1. The van der Waals surface area contributed by atoms with Crippen LogP contribution in [0.25, 0.3) is 0 Å². The summed E-state index contributed by atoms with van der Waals surface area (Å²) in [6, 6.07) is 10.9. The first-order valence-electron chi connectivity index (χ1n) is 10.9. The maximum atomic E-state index is 12.2. The van der Waals surface area contributed by atoms with Crippen molar-refractivity contribution in [2.75, 3.05) is 32.8 Å². The summed E-state index contributed by atoms with van der Waals surface area (Å²) < 4.78 is 47.7. The first kappa shape index (κ1) is 23.9. The molecule has 2 aliphatic rings. The van der Waals surface area contributed by atoms with Crippen molar-refractivity contribution in [3.05, 3.63) is 59.2 Å². The molecule has 0 radical (unpaired) electrons. The topological polar surface area (TPSA) is 64.8 Å². The van der Waals surface area contributed by atoms with E-state index in [1.54, 1.807) is 0 Å². The Morgan fingerprint density at radius 1 is 0.969 bits per heavy atom. The van der Waals surface area contributed by atoms with E-state index in [4.69, 9.17) is 15.2 Å². The van der Waals surface area contributed by atoms with Crippen LogP contribution in [0.2, 0.25) is 0 Å². The number of halogens is 3. The van der Waals surface area contributed by atoms with Gasteiger partial charge in [0.15, 0.2) is 11.5 Å². The van der Waals surface area contributed by atoms with E-state index in [0.717, 1.165) is 30.1 Å². The van der Waals surface area contributed by atoms with Crippen molar-refractivity contribution < 1.29 is 27.4 Å². The fourth-order valence-electron chi connectivity index (χ4n) is 3.82. The lowest BCUT2D eigenvalue weighted by atomic mass is 10.1. The minimum absolute atomic E-state index is 0.177. The number of alkyl halides is 3. The minimum Gasteiger partial charge on any atom is -0.486 e. The van der Waals surface area contributed by atoms with Crippen LogP contribution in [0.5, 0.6) is 11.5 Å². The second-order valence-electron chi connectivity index (χ2n) is 7.97. The van der Waals surface area contributed by atoms with E-state index < -0.39 is 17.6 Å². The predicted octanol–water partition coefficient (Wildman–Crippen LogP) is 4.22. The van der Waals surface area contributed by atoms with Crippen molar-refractivity contribution >= 4 is 5.91 Å². The molecule has 32 heavy (non-hydrogen) atoms. The number of carbonyl (C=O) groups excluding carboxylic acids is 1. The molecule has 174 valence electrons. The van der Waals surface area contributed by atoms with E-state index in [1.165, 1.54) is 56.6 Å². The van der Waals surface area contributed by atoms with Gasteiger partial charge in [0.05, 0.1) is 12.0 Å². The van der Waals surface area contributed by atoms with E-state index in [2.05, 4.69) is 17.0 Å². The van der Waals surface area contributed by atoms with Crippen LogP contribution in [0.4, 0.5) is 13.2 Å². The summed E-state index contributed by atoms with van der Waals surface area (Å²) in [5.41, 5.74) is 5.73. The lowest BCUT2D eigenvalue weighted by Gasteiger charge is -2.19. The maximum Gasteiger partial charge on any atom is 0.416 e. The summed E-state index contributed by atoms with van der Waals surface area (Å²) in [5.74, 6) is 1.16. The number of nitrogens with zero attached hydrogens (tertiary/aromatic N) is 1. The molecule has 0 unspecified atom stereocenters. The number of aryl methyl sites for hydroxylation is 1. The van der Waals surface area contributed by atoms with E-state index in [-0.39, 0.29) is 12.0 Å². The Labute approximate surface area is 186 Å². The molecule has 0 aliphatic carbocycles. The second kappa shape index (κ2) is 11.2. The van der Waals surface area contributed by atoms with Gasteiger partial charge in [0.1, 0.15) is 13.2 Å². The molecular formula is C24H29F3N2O3. The number of primary amides is 1. The summed E-state index contributed by atoms with van der Waals surface area (Å²) in [6.45, 7) is 5.16. The van der Waals surface area contributed by atoms with Crippen LogP contribution in [0.3, 0.4) is 0 Å². The monoisotopic (exact) mass is 450 g/mol. The average molecular weight is 451 g/mol. The van der Waals surface area contributed by atoms with Gasteiger partial charge in [-0.1, -0.05) is 24.3 Å². The average Bonchev–Trinajstić information content (AvgIpc) is 3.27. The van der Waals surface area contributed by atoms with Gasteiger partial charge in [-0.25, -0.2) is 0 Å². The summed E-state index contributed by atoms with van der Waals surface area (Å²) in [7, 11) is 0. The van der Waals surface area contributed by atoms with Crippen molar-refractivity contribution in [3.8, 4) is 11.5 Å². The third-order valence-electron chi connectivity index (χ3n) is 5.38. The van der Waals surface area contributed by atoms with Crippen LogP contribution in [-0.4, -0.2) is 43.7 Å². The maximum absolute atomic E-state index is 12.2. The highest BCUT2D eigenvalue weighted by atomic mass is 19.4. The molecule has 2 heterocycles. The van der Waals surface area contributed by atoms with Gasteiger partial charge in [0.25, 0.3) is 0 Å². The molecule has 2 N–H and O–H groups in total. The fraction of sp³-hybridized carbons (Fsp3) is 0.458. The molecule has 0 bridgehead atoms. The molecular weight excluding hydrogens is 421 g/mol. The molecule has 2 aliphatic heterocycles. The number of benzene rings is 2. The predicted molar refractivity (Wildman–Crippen MR) is 116 cm³/mol. The summed E-state index contributed by atoms with van der Waals surface area (Å²) in [4.78, 5) is 13.0. The molecule has 2 aromatic carbocycles. The number of carbonyl (C=O) groups is 1. The number of ether oxygens (including phenoxy) is 2. The molecule has 8 heteroatoms. The molecule has 0 saturated carbocycles. The molecule has 1 fully saturated rings. The van der Waals surface area contributed by atoms with Gasteiger partial charge < -0.3 is 20.1 Å². The first-order valence-corrected chi connectivity index (χ1v) is 10.9. The number of rotatable bonds is 6. The molecule has 0 spiro atoms. The summed E-state index contributed by atoms with van der Waals surface area (Å²) >= 11 is 0. The quantitative estimate of drug-likeness (QED) is 0.716. The summed E-state index contributed by atoms with van der Waals surface area (Å²) in [6.07, 6.45) is 0.568. The third kappa shape index (κ3) is 7.44. The number of hydrogen-bond acceptors (Lipinski definition) is 4. The van der Waals surface area contributed by atoms with Crippen molar-refractivity contribution in [1.82, 2.24) is 4.90 Å². The Morgan fingerprint density at radius 2 is 1.69 bits per heavy atom. The van der Waals surface area contributed by atoms with E-state index >= 15 is 0 Å². The second-order valence-corrected chi connectivity index (χ2v) is 7.97. The van der Waals surface area contributed by atoms with Gasteiger partial charge in [0, 0.05) is 0 Å². The van der Waals surface area contributed by atoms with E-state index in [9.17, 15) is 18.0 Å². The highest BCUT2D eigenvalue weighted by Gasteiger charge is 2.30. The van der Waals surface area contributed by atoms with Gasteiger partial charge in [-0.2, -0.15) is 13.2 Å². The van der Waals surface area contributed by atoms with Crippen LogP contribution >= 0.6 is 0 Å². The third-order valence-corrected chi connectivity index (χ3v) is 5.38. The molecule has 2 aromatic rings. The normalized spacial score (nSPS) is 15.7. The number of amides is 1. The zero-order valence-corrected chi connectivity index (χ0v) is 18.0. The highest BCUT2D eigenvalue weighted by Crippen LogP contribution is 2.31. The molecule has 4 rings (SSSR count). The molecule has 0 atom stereocenters. The Balaban J connectivity index is 0.000000188. The van der Waals surface area contributed by atoms with Crippen molar-refractivity contribution in [1.29, 1.82) is 0 Å². The SMILES string of the molecule is NC(=O)Cc1cccc(C(F)(F)F)c1.c1cc2c(cc1CCCN1CCCC1)OCCO2. The first-order chi connectivity index (χ1) is 15.3. The Morgan fingerprint density at radius 3 is 2.38 bits per heavy atom. The largest absolute Gasteiger partial charge is 0.486 e. The Hall–Kier alpha value is -2.74. The van der Waals surface area contributed by atoms with Crippen molar-refractivity contribution in [3.63, 3.8) is 0 Å². The molecule has 1 saturated heterocycles. The van der Waals surface area contributed by atoms with Gasteiger partial charge in [-0.05, 0) is 74.6 Å². The van der Waals surface area contributed by atoms with E-state index in [0.29, 0.717) is 13.2 Å². The summed E-state index contributed by atoms with van der Waals surface area (Å²) in [5, 5.41) is 0. The van der Waals surface area contributed by atoms with Gasteiger partial charge in [0.2, 0.25) is 5.91 Å². The molecule has 0 aromatic heterocycles.